The summed E-state index contributed by atoms with van der Waals surface area (Å²) in [7, 11) is 0. The number of likely N-dealkylation sites (tertiary alicyclic amines) is 1. The Morgan fingerprint density at radius 2 is 2.00 bits per heavy atom. The lowest BCUT2D eigenvalue weighted by Gasteiger charge is -2.32. The molecule has 2 atom stereocenters. The van der Waals surface area contributed by atoms with E-state index in [1.54, 1.807) is 0 Å². The Hall–Kier alpha value is -0.0400. The minimum atomic E-state index is 0.491. The minimum Gasteiger partial charge on any atom is -0.300 e. The number of rotatable bonds is 1. The predicted octanol–water partition coefficient (Wildman–Crippen LogP) is 2.52. The molecule has 1 nitrogen and oxygen atoms in total. The molecule has 0 N–H and O–H groups in total. The van der Waals surface area contributed by atoms with Crippen molar-refractivity contribution in [1.29, 1.82) is 0 Å². The first-order chi connectivity index (χ1) is 5.54. The van der Waals surface area contributed by atoms with Crippen molar-refractivity contribution < 1.29 is 0 Å². The lowest BCUT2D eigenvalue weighted by molar-refractivity contribution is 0.152. The van der Waals surface area contributed by atoms with Gasteiger partial charge in [0.05, 0.1) is 0 Å². The third kappa shape index (κ3) is 1.66. The standard InChI is InChI=1S/C11H21N/c1-11(2,3)8-12-7-9-4-5-10(12)6-9/h9-10H,4-8H2,1-3H3. The van der Waals surface area contributed by atoms with E-state index in [9.17, 15) is 0 Å². The first kappa shape index (κ1) is 8.55. The van der Waals surface area contributed by atoms with Gasteiger partial charge in [-0.1, -0.05) is 20.8 Å². The molecule has 0 radical (unpaired) electrons. The van der Waals surface area contributed by atoms with Crippen molar-refractivity contribution in [3.63, 3.8) is 0 Å². The molecule has 1 saturated heterocycles. The van der Waals surface area contributed by atoms with Crippen LogP contribution in [0.4, 0.5) is 0 Å². The molecule has 2 aliphatic rings. The topological polar surface area (TPSA) is 3.24 Å². The molecule has 0 amide bonds. The zero-order valence-corrected chi connectivity index (χ0v) is 8.64. The number of hydrogen-bond donors (Lipinski definition) is 0. The number of piperidine rings is 1. The molecule has 0 aromatic rings. The molecule has 0 aromatic carbocycles. The molecular weight excluding hydrogens is 146 g/mol. The van der Waals surface area contributed by atoms with Crippen LogP contribution in [0.2, 0.25) is 0 Å². The molecule has 2 bridgehead atoms. The lowest BCUT2D eigenvalue weighted by atomic mass is 9.95. The first-order valence-electron chi connectivity index (χ1n) is 5.29. The van der Waals surface area contributed by atoms with Crippen molar-refractivity contribution in [3.8, 4) is 0 Å². The van der Waals surface area contributed by atoms with Gasteiger partial charge in [-0.05, 0) is 30.6 Å². The fourth-order valence-electron chi connectivity index (χ4n) is 2.83. The zero-order chi connectivity index (χ0) is 8.77. The summed E-state index contributed by atoms with van der Waals surface area (Å²) in [6.45, 7) is 9.73. The fraction of sp³-hybridized carbons (Fsp3) is 1.00. The Bertz CT molecular complexity index is 168. The molecule has 1 aliphatic heterocycles. The maximum atomic E-state index is 2.72. The average molecular weight is 167 g/mol. The van der Waals surface area contributed by atoms with Crippen LogP contribution in [-0.4, -0.2) is 24.0 Å². The van der Waals surface area contributed by atoms with Gasteiger partial charge in [0.1, 0.15) is 0 Å². The Morgan fingerprint density at radius 1 is 1.25 bits per heavy atom. The third-order valence-electron chi connectivity index (χ3n) is 3.20. The van der Waals surface area contributed by atoms with Crippen LogP contribution in [0.25, 0.3) is 0 Å². The van der Waals surface area contributed by atoms with Gasteiger partial charge in [0.2, 0.25) is 0 Å². The molecule has 0 aromatic heterocycles. The summed E-state index contributed by atoms with van der Waals surface area (Å²) in [6.07, 6.45) is 4.47. The van der Waals surface area contributed by atoms with E-state index < -0.39 is 0 Å². The van der Waals surface area contributed by atoms with Crippen LogP contribution >= 0.6 is 0 Å². The predicted molar refractivity (Wildman–Crippen MR) is 52.2 cm³/mol. The summed E-state index contributed by atoms with van der Waals surface area (Å²) in [4.78, 5) is 2.72. The van der Waals surface area contributed by atoms with E-state index in [4.69, 9.17) is 0 Å². The molecule has 0 spiro atoms. The van der Waals surface area contributed by atoms with Crippen LogP contribution < -0.4 is 0 Å². The van der Waals surface area contributed by atoms with E-state index in [0.29, 0.717) is 5.41 Å². The van der Waals surface area contributed by atoms with Gasteiger partial charge in [-0.2, -0.15) is 0 Å². The molecule has 12 heavy (non-hydrogen) atoms. The summed E-state index contributed by atoms with van der Waals surface area (Å²) in [5.74, 6) is 1.05. The van der Waals surface area contributed by atoms with Crippen molar-refractivity contribution in [2.75, 3.05) is 13.1 Å². The Morgan fingerprint density at radius 3 is 2.42 bits per heavy atom. The van der Waals surface area contributed by atoms with Crippen molar-refractivity contribution >= 4 is 0 Å². The van der Waals surface area contributed by atoms with Crippen LogP contribution in [0.5, 0.6) is 0 Å². The largest absolute Gasteiger partial charge is 0.300 e. The molecule has 2 rings (SSSR count). The van der Waals surface area contributed by atoms with Gasteiger partial charge in [-0.15, -0.1) is 0 Å². The van der Waals surface area contributed by atoms with E-state index in [2.05, 4.69) is 25.7 Å². The number of hydrogen-bond acceptors (Lipinski definition) is 1. The van der Waals surface area contributed by atoms with Crippen LogP contribution in [0.1, 0.15) is 40.0 Å². The minimum absolute atomic E-state index is 0.491. The van der Waals surface area contributed by atoms with E-state index >= 15 is 0 Å². The highest BCUT2D eigenvalue weighted by Crippen LogP contribution is 2.38. The highest BCUT2D eigenvalue weighted by molar-refractivity contribution is 4.93. The molecule has 70 valence electrons. The monoisotopic (exact) mass is 167 g/mol. The van der Waals surface area contributed by atoms with Crippen LogP contribution in [0.3, 0.4) is 0 Å². The van der Waals surface area contributed by atoms with E-state index in [1.807, 2.05) is 0 Å². The summed E-state index contributed by atoms with van der Waals surface area (Å²) < 4.78 is 0. The SMILES string of the molecule is CC(C)(C)CN1CC2CCC1C2. The van der Waals surface area contributed by atoms with Gasteiger partial charge in [-0.3, -0.25) is 4.90 Å². The summed E-state index contributed by atoms with van der Waals surface area (Å²) >= 11 is 0. The van der Waals surface area contributed by atoms with Crippen molar-refractivity contribution in [2.24, 2.45) is 11.3 Å². The van der Waals surface area contributed by atoms with Gasteiger partial charge < -0.3 is 0 Å². The van der Waals surface area contributed by atoms with Gasteiger partial charge in [0.15, 0.2) is 0 Å². The molecule has 2 fully saturated rings. The van der Waals surface area contributed by atoms with Crippen LogP contribution in [0.15, 0.2) is 0 Å². The lowest BCUT2D eigenvalue weighted by Crippen LogP contribution is -2.38. The maximum absolute atomic E-state index is 2.72. The molecule has 1 saturated carbocycles. The summed E-state index contributed by atoms with van der Waals surface area (Å²) in [6, 6.07) is 0.953. The molecule has 1 heteroatoms. The van der Waals surface area contributed by atoms with Gasteiger partial charge in [0, 0.05) is 19.1 Å². The van der Waals surface area contributed by atoms with Crippen molar-refractivity contribution in [1.82, 2.24) is 4.90 Å². The molecular formula is C11H21N. The third-order valence-corrected chi connectivity index (χ3v) is 3.20. The quantitative estimate of drug-likeness (QED) is 0.580. The second-order valence-electron chi connectivity index (χ2n) is 5.82. The van der Waals surface area contributed by atoms with Gasteiger partial charge in [-0.25, -0.2) is 0 Å². The Balaban J connectivity index is 1.91. The second kappa shape index (κ2) is 2.73. The fourth-order valence-corrected chi connectivity index (χ4v) is 2.83. The first-order valence-corrected chi connectivity index (χ1v) is 5.29. The molecule has 1 heterocycles. The Kier molecular flexibility index (Phi) is 1.95. The van der Waals surface area contributed by atoms with E-state index in [-0.39, 0.29) is 0 Å². The number of fused-ring (bicyclic) bond motifs is 2. The van der Waals surface area contributed by atoms with Crippen molar-refractivity contribution in [2.45, 2.75) is 46.1 Å². The second-order valence-corrected chi connectivity index (χ2v) is 5.82. The van der Waals surface area contributed by atoms with Gasteiger partial charge in [0.25, 0.3) is 0 Å². The van der Waals surface area contributed by atoms with E-state index in [0.717, 1.165) is 12.0 Å². The zero-order valence-electron chi connectivity index (χ0n) is 8.64. The molecule has 1 aliphatic carbocycles. The average Bonchev–Trinajstić information content (AvgIpc) is 2.42. The smallest absolute Gasteiger partial charge is 0.00988 e. The number of nitrogens with zero attached hydrogens (tertiary/aromatic N) is 1. The van der Waals surface area contributed by atoms with Crippen molar-refractivity contribution in [3.05, 3.63) is 0 Å². The molecule has 2 unspecified atom stereocenters. The Labute approximate surface area is 76.1 Å². The summed E-state index contributed by atoms with van der Waals surface area (Å²) in [5.41, 5.74) is 0.491. The highest BCUT2D eigenvalue weighted by Gasteiger charge is 2.38. The summed E-state index contributed by atoms with van der Waals surface area (Å²) in [5, 5.41) is 0. The van der Waals surface area contributed by atoms with E-state index in [1.165, 1.54) is 32.4 Å². The van der Waals surface area contributed by atoms with Crippen LogP contribution in [-0.2, 0) is 0 Å². The highest BCUT2D eigenvalue weighted by atomic mass is 15.2. The maximum Gasteiger partial charge on any atom is 0.00988 e. The van der Waals surface area contributed by atoms with Gasteiger partial charge >= 0.3 is 0 Å². The normalized spacial score (nSPS) is 36.2. The van der Waals surface area contributed by atoms with Crippen LogP contribution in [0, 0.1) is 11.3 Å².